The predicted octanol–water partition coefficient (Wildman–Crippen LogP) is 2.25. The van der Waals surface area contributed by atoms with Gasteiger partial charge >= 0.3 is 6.09 Å². The van der Waals surface area contributed by atoms with E-state index in [0.29, 0.717) is 25.7 Å². The van der Waals surface area contributed by atoms with Crippen molar-refractivity contribution in [2.45, 2.75) is 63.1 Å². The molecule has 0 aromatic carbocycles. The van der Waals surface area contributed by atoms with Gasteiger partial charge in [0.1, 0.15) is 12.3 Å². The molecule has 104 valence electrons. The summed E-state index contributed by atoms with van der Waals surface area (Å²) in [7, 11) is 0. The van der Waals surface area contributed by atoms with E-state index in [0.717, 1.165) is 0 Å². The number of aliphatic hydroxyl groups is 1. The third-order valence-corrected chi connectivity index (χ3v) is 4.18. The number of carbonyl (C=O) groups is 1. The van der Waals surface area contributed by atoms with Crippen molar-refractivity contribution in [2.75, 3.05) is 13.3 Å². The van der Waals surface area contributed by atoms with Gasteiger partial charge in [-0.15, -0.1) is 0 Å². The van der Waals surface area contributed by atoms with Crippen molar-refractivity contribution in [2.24, 2.45) is 0 Å². The zero-order chi connectivity index (χ0) is 13.6. The standard InChI is InChI=1S/C13H22FNO3/c1-11(2,3)18-10(17)15-12(8-14)4-6-13(15,9-16)7-5-12/h16H,4-9H2,1-3H3. The monoisotopic (exact) mass is 259 g/mol. The van der Waals surface area contributed by atoms with E-state index in [1.165, 1.54) is 4.90 Å². The van der Waals surface area contributed by atoms with Gasteiger partial charge in [-0.3, -0.25) is 4.90 Å². The highest BCUT2D eigenvalue weighted by Gasteiger charge is 2.63. The molecule has 18 heavy (non-hydrogen) atoms. The summed E-state index contributed by atoms with van der Waals surface area (Å²) in [5.74, 6) is 0. The first-order valence-electron chi connectivity index (χ1n) is 6.49. The molecule has 1 N–H and O–H groups in total. The van der Waals surface area contributed by atoms with Crippen LogP contribution >= 0.6 is 0 Å². The van der Waals surface area contributed by atoms with Gasteiger partial charge in [0.2, 0.25) is 0 Å². The molecule has 0 saturated carbocycles. The number of alkyl halides is 1. The normalized spacial score (nSPS) is 35.1. The number of ether oxygens (including phenoxy) is 1. The number of hydrogen-bond acceptors (Lipinski definition) is 3. The molecule has 1 amide bonds. The molecule has 0 unspecified atom stereocenters. The van der Waals surface area contributed by atoms with Gasteiger partial charge in [0.15, 0.2) is 0 Å². The molecule has 2 aliphatic rings. The van der Waals surface area contributed by atoms with Gasteiger partial charge in [-0.25, -0.2) is 9.18 Å². The summed E-state index contributed by atoms with van der Waals surface area (Å²) in [5, 5.41) is 9.60. The molecule has 0 aromatic rings. The van der Waals surface area contributed by atoms with Crippen molar-refractivity contribution in [1.29, 1.82) is 0 Å². The van der Waals surface area contributed by atoms with Crippen LogP contribution in [0, 0.1) is 0 Å². The molecule has 2 rings (SSSR count). The summed E-state index contributed by atoms with van der Waals surface area (Å²) in [4.78, 5) is 13.8. The zero-order valence-corrected chi connectivity index (χ0v) is 11.3. The van der Waals surface area contributed by atoms with E-state index in [1.807, 2.05) is 0 Å². The Hall–Kier alpha value is -0.840. The molecule has 0 radical (unpaired) electrons. The predicted molar refractivity (Wildman–Crippen MR) is 65.1 cm³/mol. The first-order valence-corrected chi connectivity index (χ1v) is 6.49. The molecule has 2 saturated heterocycles. The zero-order valence-electron chi connectivity index (χ0n) is 11.3. The lowest BCUT2D eigenvalue weighted by atomic mass is 9.83. The number of nitrogens with zero attached hydrogens (tertiary/aromatic N) is 1. The third kappa shape index (κ3) is 1.88. The van der Waals surface area contributed by atoms with E-state index in [-0.39, 0.29) is 6.61 Å². The average molecular weight is 259 g/mol. The summed E-state index contributed by atoms with van der Waals surface area (Å²) < 4.78 is 18.8. The number of aliphatic hydroxyl groups excluding tert-OH is 1. The summed E-state index contributed by atoms with van der Waals surface area (Å²) in [6.07, 6.45) is 2.05. The van der Waals surface area contributed by atoms with Crippen LogP contribution in [0.15, 0.2) is 0 Å². The minimum Gasteiger partial charge on any atom is -0.444 e. The quantitative estimate of drug-likeness (QED) is 0.827. The van der Waals surface area contributed by atoms with Crippen LogP contribution in [0.4, 0.5) is 9.18 Å². The van der Waals surface area contributed by atoms with Crippen molar-refractivity contribution in [3.8, 4) is 0 Å². The van der Waals surface area contributed by atoms with Gasteiger partial charge in [-0.05, 0) is 46.5 Å². The Balaban J connectivity index is 2.26. The van der Waals surface area contributed by atoms with Crippen molar-refractivity contribution in [3.63, 3.8) is 0 Å². The molecule has 0 atom stereocenters. The van der Waals surface area contributed by atoms with Crippen LogP contribution in [0.2, 0.25) is 0 Å². The highest BCUT2D eigenvalue weighted by Crippen LogP contribution is 2.53. The van der Waals surface area contributed by atoms with Gasteiger partial charge in [-0.2, -0.15) is 0 Å². The van der Waals surface area contributed by atoms with Gasteiger partial charge < -0.3 is 9.84 Å². The SMILES string of the molecule is CC(C)(C)OC(=O)N1C2(CO)CCC1(CF)CC2. The maximum atomic E-state index is 13.4. The highest BCUT2D eigenvalue weighted by atomic mass is 19.1. The van der Waals surface area contributed by atoms with Crippen LogP contribution in [0.5, 0.6) is 0 Å². The van der Waals surface area contributed by atoms with E-state index >= 15 is 0 Å². The van der Waals surface area contributed by atoms with Crippen molar-refractivity contribution >= 4 is 6.09 Å². The second-order valence-corrected chi connectivity index (χ2v) is 6.56. The number of fused-ring (bicyclic) bond motifs is 2. The van der Waals surface area contributed by atoms with E-state index < -0.39 is 29.4 Å². The first kappa shape index (κ1) is 13.6. The Labute approximate surface area is 107 Å². The Bertz CT molecular complexity index is 323. The van der Waals surface area contributed by atoms with Crippen molar-refractivity contribution < 1.29 is 19.0 Å². The molecule has 0 spiro atoms. The van der Waals surface area contributed by atoms with Crippen LogP contribution in [-0.2, 0) is 4.74 Å². The van der Waals surface area contributed by atoms with Gasteiger partial charge in [-0.1, -0.05) is 0 Å². The molecule has 0 aliphatic carbocycles. The summed E-state index contributed by atoms with van der Waals surface area (Å²) in [5.41, 5.74) is -1.95. The van der Waals surface area contributed by atoms with Crippen LogP contribution in [0.1, 0.15) is 46.5 Å². The Kier molecular flexibility index (Phi) is 3.08. The lowest BCUT2D eigenvalue weighted by Gasteiger charge is -2.38. The number of hydrogen-bond donors (Lipinski definition) is 1. The summed E-state index contributed by atoms with van der Waals surface area (Å²) in [6, 6.07) is 0. The van der Waals surface area contributed by atoms with Gasteiger partial charge in [0, 0.05) is 0 Å². The minimum absolute atomic E-state index is 0.117. The number of carbonyl (C=O) groups excluding carboxylic acids is 1. The van der Waals surface area contributed by atoms with Crippen LogP contribution < -0.4 is 0 Å². The molecule has 2 heterocycles. The number of rotatable bonds is 2. The fourth-order valence-corrected chi connectivity index (χ4v) is 3.25. The molecule has 2 aliphatic heterocycles. The molecular weight excluding hydrogens is 237 g/mol. The van der Waals surface area contributed by atoms with Crippen LogP contribution in [0.25, 0.3) is 0 Å². The number of amides is 1. The largest absolute Gasteiger partial charge is 0.444 e. The fourth-order valence-electron chi connectivity index (χ4n) is 3.25. The Morgan fingerprint density at radius 1 is 1.28 bits per heavy atom. The summed E-state index contributed by atoms with van der Waals surface area (Å²) in [6.45, 7) is 4.69. The molecule has 0 aromatic heterocycles. The molecular formula is C13H22FNO3. The maximum absolute atomic E-state index is 13.4. The molecule has 5 heteroatoms. The minimum atomic E-state index is -0.745. The van der Waals surface area contributed by atoms with E-state index in [2.05, 4.69) is 0 Å². The first-order chi connectivity index (χ1) is 8.29. The molecule has 4 nitrogen and oxygen atoms in total. The number of halogens is 1. The van der Waals surface area contributed by atoms with Gasteiger partial charge in [0.05, 0.1) is 17.7 Å². The fraction of sp³-hybridized carbons (Fsp3) is 0.923. The highest BCUT2D eigenvalue weighted by molar-refractivity contribution is 5.72. The Morgan fingerprint density at radius 3 is 2.17 bits per heavy atom. The topological polar surface area (TPSA) is 49.8 Å². The van der Waals surface area contributed by atoms with Crippen molar-refractivity contribution in [1.82, 2.24) is 4.90 Å². The third-order valence-electron chi connectivity index (χ3n) is 4.18. The average Bonchev–Trinajstić information content (AvgIpc) is 2.78. The molecule has 2 bridgehead atoms. The maximum Gasteiger partial charge on any atom is 0.411 e. The lowest BCUT2D eigenvalue weighted by Crippen LogP contribution is -2.54. The lowest BCUT2D eigenvalue weighted by molar-refractivity contribution is -0.0177. The van der Waals surface area contributed by atoms with E-state index in [1.54, 1.807) is 20.8 Å². The van der Waals surface area contributed by atoms with E-state index in [9.17, 15) is 14.3 Å². The molecule has 2 fully saturated rings. The van der Waals surface area contributed by atoms with Crippen LogP contribution in [-0.4, -0.2) is 46.1 Å². The van der Waals surface area contributed by atoms with Gasteiger partial charge in [0.25, 0.3) is 0 Å². The van der Waals surface area contributed by atoms with E-state index in [4.69, 9.17) is 4.74 Å². The second kappa shape index (κ2) is 4.08. The Morgan fingerprint density at radius 2 is 1.78 bits per heavy atom. The second-order valence-electron chi connectivity index (χ2n) is 6.56. The van der Waals surface area contributed by atoms with Crippen molar-refractivity contribution in [3.05, 3.63) is 0 Å². The van der Waals surface area contributed by atoms with Crippen LogP contribution in [0.3, 0.4) is 0 Å². The summed E-state index contributed by atoms with van der Waals surface area (Å²) >= 11 is 0. The smallest absolute Gasteiger partial charge is 0.411 e.